The zero-order valence-corrected chi connectivity index (χ0v) is 16.5. The Morgan fingerprint density at radius 1 is 1.28 bits per heavy atom. The molecule has 3 aromatic heterocycles. The van der Waals surface area contributed by atoms with Crippen molar-refractivity contribution in [2.24, 2.45) is 0 Å². The first kappa shape index (κ1) is 19.3. The number of rotatable bonds is 6. The first-order valence-electron chi connectivity index (χ1n) is 9.87. The third kappa shape index (κ3) is 4.34. The number of nitrogens with zero attached hydrogens (tertiary/aromatic N) is 5. The Labute approximate surface area is 168 Å². The predicted octanol–water partition coefficient (Wildman–Crippen LogP) is 3.02. The largest absolute Gasteiger partial charge is 0.360 e. The minimum Gasteiger partial charge on any atom is -0.360 e. The molecular formula is C20H24N6O3. The fourth-order valence-corrected chi connectivity index (χ4v) is 3.70. The fraction of sp³-hybridized carbons (Fsp3) is 0.450. The molecule has 9 nitrogen and oxygen atoms in total. The van der Waals surface area contributed by atoms with Gasteiger partial charge in [-0.05, 0) is 51.4 Å². The number of aromatic nitrogens is 4. The number of hydrogen-bond acceptors (Lipinski definition) is 8. The molecule has 0 saturated carbocycles. The van der Waals surface area contributed by atoms with Crippen LogP contribution in [0.25, 0.3) is 11.5 Å². The van der Waals surface area contributed by atoms with Crippen LogP contribution in [-0.4, -0.2) is 50.2 Å². The molecule has 1 fully saturated rings. The molecule has 1 unspecified atom stereocenters. The Morgan fingerprint density at radius 2 is 2.10 bits per heavy atom. The van der Waals surface area contributed by atoms with E-state index in [1.54, 1.807) is 19.2 Å². The van der Waals surface area contributed by atoms with Gasteiger partial charge in [-0.25, -0.2) is 0 Å². The van der Waals surface area contributed by atoms with Crippen molar-refractivity contribution in [3.63, 3.8) is 0 Å². The Balaban J connectivity index is 1.36. The SMILES string of the molecule is CCC(C(=O)Nc1cc(C)on1)N1CCC(c2nc(-c3ccccn3)no2)CC1. The maximum absolute atomic E-state index is 12.7. The summed E-state index contributed by atoms with van der Waals surface area (Å²) in [5, 5.41) is 10.7. The van der Waals surface area contributed by atoms with Gasteiger partial charge in [0.1, 0.15) is 11.5 Å². The molecule has 1 aliphatic rings. The van der Waals surface area contributed by atoms with Gasteiger partial charge in [0.15, 0.2) is 5.82 Å². The third-order valence-electron chi connectivity index (χ3n) is 5.22. The number of aryl methyl sites for hydroxylation is 1. The molecule has 3 aromatic rings. The number of carbonyl (C=O) groups is 1. The summed E-state index contributed by atoms with van der Waals surface area (Å²) < 4.78 is 10.5. The summed E-state index contributed by atoms with van der Waals surface area (Å²) in [6, 6.07) is 7.11. The lowest BCUT2D eigenvalue weighted by molar-refractivity contribution is -0.122. The average Bonchev–Trinajstić information content (AvgIpc) is 3.39. The van der Waals surface area contributed by atoms with Gasteiger partial charge in [-0.15, -0.1) is 0 Å². The molecule has 0 aliphatic carbocycles. The van der Waals surface area contributed by atoms with E-state index in [0.717, 1.165) is 32.4 Å². The molecule has 1 N–H and O–H groups in total. The predicted molar refractivity (Wildman–Crippen MR) is 105 cm³/mol. The lowest BCUT2D eigenvalue weighted by Gasteiger charge is -2.35. The van der Waals surface area contributed by atoms with Crippen molar-refractivity contribution < 1.29 is 13.8 Å². The van der Waals surface area contributed by atoms with Crippen LogP contribution in [0.2, 0.25) is 0 Å². The number of nitrogens with one attached hydrogen (secondary N) is 1. The topological polar surface area (TPSA) is 110 Å². The molecular weight excluding hydrogens is 372 g/mol. The maximum Gasteiger partial charge on any atom is 0.242 e. The summed E-state index contributed by atoms with van der Waals surface area (Å²) >= 11 is 0. The molecule has 0 aromatic carbocycles. The van der Waals surface area contributed by atoms with Gasteiger partial charge in [0.05, 0.1) is 6.04 Å². The van der Waals surface area contributed by atoms with Gasteiger partial charge < -0.3 is 14.4 Å². The summed E-state index contributed by atoms with van der Waals surface area (Å²) in [7, 11) is 0. The second kappa shape index (κ2) is 8.52. The maximum atomic E-state index is 12.7. The second-order valence-electron chi connectivity index (χ2n) is 7.22. The first-order valence-corrected chi connectivity index (χ1v) is 9.87. The quantitative estimate of drug-likeness (QED) is 0.677. The number of hydrogen-bond donors (Lipinski definition) is 1. The number of carbonyl (C=O) groups excluding carboxylic acids is 1. The van der Waals surface area contributed by atoms with Crippen LogP contribution in [0.1, 0.15) is 43.8 Å². The molecule has 4 rings (SSSR count). The van der Waals surface area contributed by atoms with E-state index in [0.29, 0.717) is 29.0 Å². The van der Waals surface area contributed by atoms with E-state index in [2.05, 4.69) is 30.5 Å². The molecule has 0 radical (unpaired) electrons. The van der Waals surface area contributed by atoms with E-state index < -0.39 is 0 Å². The molecule has 152 valence electrons. The van der Waals surface area contributed by atoms with Gasteiger partial charge in [-0.2, -0.15) is 4.98 Å². The smallest absolute Gasteiger partial charge is 0.242 e. The van der Waals surface area contributed by atoms with Crippen LogP contribution in [-0.2, 0) is 4.79 Å². The van der Waals surface area contributed by atoms with E-state index in [-0.39, 0.29) is 17.9 Å². The summed E-state index contributed by atoms with van der Waals surface area (Å²) in [5.41, 5.74) is 0.700. The lowest BCUT2D eigenvalue weighted by Crippen LogP contribution is -2.47. The number of likely N-dealkylation sites (tertiary alicyclic amines) is 1. The minimum atomic E-state index is -0.209. The van der Waals surface area contributed by atoms with E-state index in [1.165, 1.54) is 0 Å². The number of amides is 1. The fourth-order valence-electron chi connectivity index (χ4n) is 3.70. The first-order chi connectivity index (χ1) is 14.1. The molecule has 1 amide bonds. The van der Waals surface area contributed by atoms with E-state index >= 15 is 0 Å². The molecule has 0 bridgehead atoms. The van der Waals surface area contributed by atoms with Crippen molar-refractivity contribution in [2.75, 3.05) is 18.4 Å². The van der Waals surface area contributed by atoms with Crippen LogP contribution < -0.4 is 5.32 Å². The Kier molecular flexibility index (Phi) is 5.66. The van der Waals surface area contributed by atoms with E-state index in [1.807, 2.05) is 25.1 Å². The summed E-state index contributed by atoms with van der Waals surface area (Å²) in [5.74, 6) is 2.40. The lowest BCUT2D eigenvalue weighted by atomic mass is 9.95. The minimum absolute atomic E-state index is 0.0607. The normalized spacial score (nSPS) is 16.6. The highest BCUT2D eigenvalue weighted by atomic mass is 16.5. The number of piperidine rings is 1. The Hall–Kier alpha value is -3.07. The van der Waals surface area contributed by atoms with Crippen molar-refractivity contribution in [3.8, 4) is 11.5 Å². The summed E-state index contributed by atoms with van der Waals surface area (Å²) in [6.45, 7) is 5.38. The second-order valence-corrected chi connectivity index (χ2v) is 7.22. The van der Waals surface area contributed by atoms with Crippen LogP contribution in [0.5, 0.6) is 0 Å². The van der Waals surface area contributed by atoms with Crippen LogP contribution in [0.4, 0.5) is 5.82 Å². The standard InChI is InChI=1S/C20H24N6O3/c1-3-16(19(27)22-17-12-13(2)28-24-17)26-10-7-14(8-11-26)20-23-18(25-29-20)15-6-4-5-9-21-15/h4-6,9,12,14,16H,3,7-8,10-11H2,1-2H3,(H,22,24,27). The van der Waals surface area contributed by atoms with Gasteiger partial charge in [0.25, 0.3) is 0 Å². The molecule has 29 heavy (non-hydrogen) atoms. The zero-order chi connectivity index (χ0) is 20.2. The van der Waals surface area contributed by atoms with Crippen LogP contribution in [0, 0.1) is 6.92 Å². The van der Waals surface area contributed by atoms with Crippen molar-refractivity contribution in [1.82, 2.24) is 25.2 Å². The molecule has 9 heteroatoms. The Bertz CT molecular complexity index is 946. The molecule has 1 aliphatic heterocycles. The number of anilines is 1. The van der Waals surface area contributed by atoms with Gasteiger partial charge in [0, 0.05) is 18.2 Å². The molecule has 1 atom stereocenters. The van der Waals surface area contributed by atoms with Crippen LogP contribution in [0.15, 0.2) is 39.5 Å². The van der Waals surface area contributed by atoms with Crippen molar-refractivity contribution >= 4 is 11.7 Å². The van der Waals surface area contributed by atoms with E-state index in [9.17, 15) is 4.79 Å². The van der Waals surface area contributed by atoms with Crippen LogP contribution >= 0.6 is 0 Å². The van der Waals surface area contributed by atoms with Gasteiger partial charge >= 0.3 is 0 Å². The van der Waals surface area contributed by atoms with Crippen molar-refractivity contribution in [1.29, 1.82) is 0 Å². The van der Waals surface area contributed by atoms with E-state index in [4.69, 9.17) is 9.05 Å². The molecule has 0 spiro atoms. The zero-order valence-electron chi connectivity index (χ0n) is 16.5. The monoisotopic (exact) mass is 396 g/mol. The van der Waals surface area contributed by atoms with Crippen molar-refractivity contribution in [3.05, 3.63) is 42.1 Å². The van der Waals surface area contributed by atoms with Gasteiger partial charge in [-0.1, -0.05) is 23.3 Å². The van der Waals surface area contributed by atoms with Crippen molar-refractivity contribution in [2.45, 2.75) is 45.1 Å². The average molecular weight is 396 g/mol. The molecule has 4 heterocycles. The van der Waals surface area contributed by atoms with Gasteiger partial charge in [-0.3, -0.25) is 14.7 Å². The highest BCUT2D eigenvalue weighted by Gasteiger charge is 2.31. The van der Waals surface area contributed by atoms with Gasteiger partial charge in [0.2, 0.25) is 17.6 Å². The highest BCUT2D eigenvalue weighted by molar-refractivity contribution is 5.94. The Morgan fingerprint density at radius 3 is 2.76 bits per heavy atom. The van der Waals surface area contributed by atoms with Crippen LogP contribution in [0.3, 0.4) is 0 Å². The number of pyridine rings is 1. The third-order valence-corrected chi connectivity index (χ3v) is 5.22. The summed E-state index contributed by atoms with van der Waals surface area (Å²) in [6.07, 6.45) is 4.14. The highest BCUT2D eigenvalue weighted by Crippen LogP contribution is 2.29. The summed E-state index contributed by atoms with van der Waals surface area (Å²) in [4.78, 5) is 23.7. The molecule has 1 saturated heterocycles.